The highest BCUT2D eigenvalue weighted by atomic mass is 32.1. The number of hydrogen-bond acceptors (Lipinski definition) is 6. The first-order valence-electron chi connectivity index (χ1n) is 9.02. The third-order valence-electron chi connectivity index (χ3n) is 4.54. The van der Waals surface area contributed by atoms with E-state index in [1.54, 1.807) is 13.0 Å². The number of hydrogen-bond donors (Lipinski definition) is 3. The number of thiocarbonyl (C=S) groups is 1. The van der Waals surface area contributed by atoms with Crippen molar-refractivity contribution in [3.8, 4) is 0 Å². The molecule has 2 heterocycles. The number of aromatic amines is 1. The summed E-state index contributed by atoms with van der Waals surface area (Å²) < 4.78 is 4.87. The Morgan fingerprint density at radius 1 is 1.41 bits per heavy atom. The zero-order valence-corrected chi connectivity index (χ0v) is 16.0. The number of amides is 1. The summed E-state index contributed by atoms with van der Waals surface area (Å²) in [5, 5.41) is 14.4. The van der Waals surface area contributed by atoms with Crippen LogP contribution in [0.15, 0.2) is 29.1 Å². The molecule has 3 rings (SSSR count). The van der Waals surface area contributed by atoms with Crippen LogP contribution >= 0.6 is 12.2 Å². The van der Waals surface area contributed by atoms with Gasteiger partial charge in [-0.25, -0.2) is 9.89 Å². The van der Waals surface area contributed by atoms with Gasteiger partial charge in [0.1, 0.15) is 0 Å². The fraction of sp³-hybridized carbons (Fsp3) is 0.444. The van der Waals surface area contributed by atoms with E-state index >= 15 is 0 Å². The molecule has 1 unspecified atom stereocenters. The van der Waals surface area contributed by atoms with Gasteiger partial charge in [0.2, 0.25) is 0 Å². The van der Waals surface area contributed by atoms with E-state index < -0.39 is 6.09 Å². The first-order valence-corrected chi connectivity index (χ1v) is 9.43. The lowest BCUT2D eigenvalue weighted by Gasteiger charge is -2.34. The second-order valence-corrected chi connectivity index (χ2v) is 6.82. The van der Waals surface area contributed by atoms with Gasteiger partial charge in [-0.15, -0.1) is 0 Å². The van der Waals surface area contributed by atoms with Gasteiger partial charge >= 0.3 is 6.09 Å². The van der Waals surface area contributed by atoms with Gasteiger partial charge in [-0.2, -0.15) is 5.10 Å². The Hall–Kier alpha value is -2.68. The molecule has 9 heteroatoms. The van der Waals surface area contributed by atoms with E-state index in [1.165, 1.54) is 0 Å². The Kier molecular flexibility index (Phi) is 6.23. The first kappa shape index (κ1) is 19.1. The first-order chi connectivity index (χ1) is 13.1. The number of nitrogens with one attached hydrogen (secondary N) is 3. The highest BCUT2D eigenvalue weighted by molar-refractivity contribution is 7.80. The largest absolute Gasteiger partial charge is 0.450 e. The van der Waals surface area contributed by atoms with Gasteiger partial charge in [0, 0.05) is 25.0 Å². The molecule has 2 aromatic rings. The van der Waals surface area contributed by atoms with Crippen molar-refractivity contribution < 1.29 is 9.53 Å². The Morgan fingerprint density at radius 2 is 2.19 bits per heavy atom. The van der Waals surface area contributed by atoms with Crippen molar-refractivity contribution >= 4 is 40.0 Å². The predicted octanol–water partition coefficient (Wildman–Crippen LogP) is 2.08. The highest BCUT2D eigenvalue weighted by Crippen LogP contribution is 2.20. The maximum atomic E-state index is 11.9. The quantitative estimate of drug-likeness (QED) is 0.689. The lowest BCUT2D eigenvalue weighted by Crippen LogP contribution is -2.48. The van der Waals surface area contributed by atoms with Crippen LogP contribution in [0.1, 0.15) is 19.8 Å². The van der Waals surface area contributed by atoms with Crippen molar-refractivity contribution in [3.05, 3.63) is 34.6 Å². The molecule has 1 saturated heterocycles. The number of nitrogens with zero attached hydrogens (tertiary/aromatic N) is 2. The maximum absolute atomic E-state index is 11.9. The van der Waals surface area contributed by atoms with E-state index in [9.17, 15) is 9.59 Å². The Balaban J connectivity index is 1.60. The standard InChI is InChI=1S/C18H23N5O3S/c1-2-26-18(25)20-17(27)23-9-5-6-12(11-23)10-19-15-13-7-3-4-8-14(13)16(24)22-21-15/h3-4,7-8,12H,2,5-6,9-11H2,1H3,(H,19,21)(H,22,24)(H,20,25,27). The van der Waals surface area contributed by atoms with Gasteiger partial charge < -0.3 is 15.0 Å². The molecule has 27 heavy (non-hydrogen) atoms. The minimum absolute atomic E-state index is 0.199. The number of likely N-dealkylation sites (tertiary alicyclic amines) is 1. The summed E-state index contributed by atoms with van der Waals surface area (Å²) in [6.45, 7) is 4.30. The zero-order valence-electron chi connectivity index (χ0n) is 15.2. The second kappa shape index (κ2) is 8.81. The Bertz CT molecular complexity index is 885. The molecular weight excluding hydrogens is 366 g/mol. The summed E-state index contributed by atoms with van der Waals surface area (Å²) in [6.07, 6.45) is 1.51. The molecule has 0 aliphatic carbocycles. The SMILES string of the molecule is CCOC(=O)NC(=S)N1CCCC(CNc2n[nH]c(=O)c3ccccc23)C1. The molecular formula is C18H23N5O3S. The molecule has 1 atom stereocenters. The van der Waals surface area contributed by atoms with Crippen LogP contribution in [0.5, 0.6) is 0 Å². The van der Waals surface area contributed by atoms with Crippen molar-refractivity contribution in [2.45, 2.75) is 19.8 Å². The summed E-state index contributed by atoms with van der Waals surface area (Å²) in [6, 6.07) is 7.38. The molecule has 0 bridgehead atoms. The van der Waals surface area contributed by atoms with Crippen molar-refractivity contribution in [3.63, 3.8) is 0 Å². The van der Waals surface area contributed by atoms with Gasteiger partial charge in [0.05, 0.1) is 12.0 Å². The monoisotopic (exact) mass is 389 g/mol. The summed E-state index contributed by atoms with van der Waals surface area (Å²) in [5.41, 5.74) is -0.199. The molecule has 1 amide bonds. The predicted molar refractivity (Wildman–Crippen MR) is 108 cm³/mol. The fourth-order valence-corrected chi connectivity index (χ4v) is 3.49. The van der Waals surface area contributed by atoms with Crippen LogP contribution in [0.3, 0.4) is 0 Å². The number of alkyl carbamates (subject to hydrolysis) is 1. The third-order valence-corrected chi connectivity index (χ3v) is 4.91. The van der Waals surface area contributed by atoms with E-state index in [0.29, 0.717) is 35.4 Å². The molecule has 144 valence electrons. The lowest BCUT2D eigenvalue weighted by atomic mass is 9.98. The number of ether oxygens (including phenoxy) is 1. The van der Waals surface area contributed by atoms with Gasteiger partial charge in [-0.05, 0) is 44.0 Å². The molecule has 3 N–H and O–H groups in total. The van der Waals surface area contributed by atoms with Crippen molar-refractivity contribution in [1.82, 2.24) is 20.4 Å². The van der Waals surface area contributed by atoms with Crippen molar-refractivity contribution in [2.24, 2.45) is 5.92 Å². The van der Waals surface area contributed by atoms with Gasteiger partial charge in [0.25, 0.3) is 5.56 Å². The smallest absolute Gasteiger partial charge is 0.413 e. The maximum Gasteiger partial charge on any atom is 0.413 e. The number of rotatable bonds is 4. The fourth-order valence-electron chi connectivity index (χ4n) is 3.24. The molecule has 0 spiro atoms. The number of anilines is 1. The van der Waals surface area contributed by atoms with Crippen LogP contribution in [0.2, 0.25) is 0 Å². The second-order valence-electron chi connectivity index (χ2n) is 6.43. The van der Waals surface area contributed by atoms with E-state index in [0.717, 1.165) is 31.3 Å². The number of H-pyrrole nitrogens is 1. The van der Waals surface area contributed by atoms with E-state index in [-0.39, 0.29) is 5.56 Å². The minimum Gasteiger partial charge on any atom is -0.450 e. The average molecular weight is 389 g/mol. The molecule has 1 aromatic carbocycles. The lowest BCUT2D eigenvalue weighted by molar-refractivity contribution is 0.156. The molecule has 1 aromatic heterocycles. The molecule has 0 saturated carbocycles. The number of aromatic nitrogens is 2. The molecule has 1 fully saturated rings. The summed E-state index contributed by atoms with van der Waals surface area (Å²) in [5.74, 6) is 1.00. The normalized spacial score (nSPS) is 16.8. The van der Waals surface area contributed by atoms with Crippen LogP contribution in [-0.2, 0) is 4.74 Å². The number of benzene rings is 1. The number of piperidine rings is 1. The summed E-state index contributed by atoms with van der Waals surface area (Å²) >= 11 is 5.31. The highest BCUT2D eigenvalue weighted by Gasteiger charge is 2.23. The minimum atomic E-state index is -0.522. The van der Waals surface area contributed by atoms with E-state index in [2.05, 4.69) is 20.8 Å². The van der Waals surface area contributed by atoms with Crippen LogP contribution in [0, 0.1) is 5.92 Å². The molecule has 0 radical (unpaired) electrons. The van der Waals surface area contributed by atoms with Crippen LogP contribution in [-0.4, -0.2) is 52.5 Å². The topological polar surface area (TPSA) is 99.3 Å². The average Bonchev–Trinajstić information content (AvgIpc) is 2.68. The number of carbonyl (C=O) groups is 1. The molecule has 8 nitrogen and oxygen atoms in total. The molecule has 1 aliphatic rings. The van der Waals surface area contributed by atoms with Gasteiger partial charge in [-0.3, -0.25) is 10.1 Å². The summed E-state index contributed by atoms with van der Waals surface area (Å²) in [7, 11) is 0. The third kappa shape index (κ3) is 4.73. The zero-order chi connectivity index (χ0) is 19.2. The number of carbonyl (C=O) groups excluding carboxylic acids is 1. The van der Waals surface area contributed by atoms with Gasteiger partial charge in [-0.1, -0.05) is 18.2 Å². The van der Waals surface area contributed by atoms with Gasteiger partial charge in [0.15, 0.2) is 10.9 Å². The Labute approximate surface area is 162 Å². The number of fused-ring (bicyclic) bond motifs is 1. The van der Waals surface area contributed by atoms with Crippen LogP contribution in [0.25, 0.3) is 10.8 Å². The van der Waals surface area contributed by atoms with Crippen LogP contribution in [0.4, 0.5) is 10.6 Å². The van der Waals surface area contributed by atoms with E-state index in [4.69, 9.17) is 17.0 Å². The van der Waals surface area contributed by atoms with E-state index in [1.807, 2.05) is 23.1 Å². The summed E-state index contributed by atoms with van der Waals surface area (Å²) in [4.78, 5) is 25.4. The Morgan fingerprint density at radius 3 is 2.96 bits per heavy atom. The molecule has 1 aliphatic heterocycles. The van der Waals surface area contributed by atoms with Crippen LogP contribution < -0.4 is 16.2 Å². The van der Waals surface area contributed by atoms with Crippen molar-refractivity contribution in [2.75, 3.05) is 31.6 Å². The van der Waals surface area contributed by atoms with Crippen molar-refractivity contribution in [1.29, 1.82) is 0 Å².